The molecule has 0 aromatic heterocycles. The Morgan fingerprint density at radius 2 is 1.58 bits per heavy atom. The van der Waals surface area contributed by atoms with Gasteiger partial charge in [0.05, 0.1) is 19.8 Å². The summed E-state index contributed by atoms with van der Waals surface area (Å²) < 4.78 is 10.5. The van der Waals surface area contributed by atoms with Gasteiger partial charge in [-0.1, -0.05) is 12.1 Å². The largest absolute Gasteiger partial charge is 0.496 e. The maximum absolute atomic E-state index is 12.2. The van der Waals surface area contributed by atoms with Gasteiger partial charge >= 0.3 is 5.97 Å². The van der Waals surface area contributed by atoms with E-state index in [0.717, 1.165) is 10.9 Å². The molecule has 0 fully saturated rings. The number of ether oxygens (including phenoxy) is 2. The fourth-order valence-corrected chi connectivity index (χ4v) is 2.50. The molecule has 124 valence electrons. The minimum absolute atomic E-state index is 0.139. The second-order valence-corrected chi connectivity index (χ2v) is 5.54. The van der Waals surface area contributed by atoms with E-state index in [1.54, 1.807) is 26.4 Å². The van der Waals surface area contributed by atoms with Gasteiger partial charge in [0.15, 0.2) is 5.78 Å². The molecule has 0 bridgehead atoms. The number of allylic oxidation sites excluding steroid dienone is 1. The topological polar surface area (TPSA) is 72.8 Å². The van der Waals surface area contributed by atoms with Crippen molar-refractivity contribution in [3.05, 3.63) is 59.2 Å². The van der Waals surface area contributed by atoms with E-state index in [1.807, 2.05) is 6.07 Å². The molecule has 0 heterocycles. The van der Waals surface area contributed by atoms with Crippen LogP contribution < -0.4 is 14.8 Å². The molecule has 5 nitrogen and oxygen atoms in total. The first-order valence-electron chi connectivity index (χ1n) is 7.03. The SMILES string of the molecule is COc1cc(OC)c(/C=C/C(=O)c2ccc(C(=O)O)cc2)cc1P. The van der Waals surface area contributed by atoms with Crippen molar-refractivity contribution in [3.63, 3.8) is 0 Å². The summed E-state index contributed by atoms with van der Waals surface area (Å²) in [6.07, 6.45) is 3.07. The molecule has 0 aliphatic rings. The van der Waals surface area contributed by atoms with Gasteiger partial charge in [-0.05, 0) is 30.4 Å². The molecule has 1 atom stereocenters. The first-order chi connectivity index (χ1) is 11.5. The van der Waals surface area contributed by atoms with Crippen LogP contribution in [0.25, 0.3) is 6.08 Å². The zero-order valence-corrected chi connectivity index (χ0v) is 14.4. The van der Waals surface area contributed by atoms with Crippen LogP contribution in [0, 0.1) is 0 Å². The van der Waals surface area contributed by atoms with Crippen molar-refractivity contribution in [2.75, 3.05) is 14.2 Å². The van der Waals surface area contributed by atoms with Gasteiger partial charge in [0.25, 0.3) is 0 Å². The van der Waals surface area contributed by atoms with Crippen LogP contribution in [0.5, 0.6) is 11.5 Å². The highest BCUT2D eigenvalue weighted by Gasteiger charge is 2.08. The minimum Gasteiger partial charge on any atom is -0.496 e. The summed E-state index contributed by atoms with van der Waals surface area (Å²) in [5.74, 6) is 0.00325. The highest BCUT2D eigenvalue weighted by molar-refractivity contribution is 7.27. The number of methoxy groups -OCH3 is 2. The third-order valence-corrected chi connectivity index (χ3v) is 3.86. The number of hydrogen-bond acceptors (Lipinski definition) is 4. The Labute approximate surface area is 142 Å². The fraction of sp³-hybridized carbons (Fsp3) is 0.111. The van der Waals surface area contributed by atoms with Crippen LogP contribution in [0.2, 0.25) is 0 Å². The molecular weight excluding hydrogens is 327 g/mol. The summed E-state index contributed by atoms with van der Waals surface area (Å²) in [6.45, 7) is 0. The van der Waals surface area contributed by atoms with E-state index < -0.39 is 5.97 Å². The van der Waals surface area contributed by atoms with Crippen molar-refractivity contribution >= 4 is 32.4 Å². The Balaban J connectivity index is 2.25. The van der Waals surface area contributed by atoms with E-state index in [1.165, 1.54) is 30.3 Å². The van der Waals surface area contributed by atoms with Crippen LogP contribution in [-0.4, -0.2) is 31.1 Å². The number of benzene rings is 2. The lowest BCUT2D eigenvalue weighted by Gasteiger charge is -2.10. The van der Waals surface area contributed by atoms with Crippen LogP contribution in [0.1, 0.15) is 26.3 Å². The number of carbonyl (C=O) groups excluding carboxylic acids is 1. The summed E-state index contributed by atoms with van der Waals surface area (Å²) in [5, 5.41) is 9.71. The normalized spacial score (nSPS) is 10.6. The summed E-state index contributed by atoms with van der Waals surface area (Å²) in [5.41, 5.74) is 1.29. The third-order valence-electron chi connectivity index (χ3n) is 3.41. The first kappa shape index (κ1) is 17.7. The molecule has 0 aliphatic heterocycles. The number of rotatable bonds is 6. The van der Waals surface area contributed by atoms with Gasteiger partial charge in [0.2, 0.25) is 0 Å². The van der Waals surface area contributed by atoms with Crippen LogP contribution in [0.3, 0.4) is 0 Å². The maximum atomic E-state index is 12.2. The smallest absolute Gasteiger partial charge is 0.335 e. The van der Waals surface area contributed by atoms with Crippen molar-refractivity contribution in [1.82, 2.24) is 0 Å². The van der Waals surface area contributed by atoms with Crippen molar-refractivity contribution in [1.29, 1.82) is 0 Å². The Morgan fingerprint density at radius 1 is 1.00 bits per heavy atom. The lowest BCUT2D eigenvalue weighted by Crippen LogP contribution is -2.02. The van der Waals surface area contributed by atoms with Crippen molar-refractivity contribution in [3.8, 4) is 11.5 Å². The van der Waals surface area contributed by atoms with Crippen molar-refractivity contribution in [2.45, 2.75) is 0 Å². The maximum Gasteiger partial charge on any atom is 0.335 e. The fourth-order valence-electron chi connectivity index (χ4n) is 2.12. The number of ketones is 1. The van der Waals surface area contributed by atoms with Crippen molar-refractivity contribution < 1.29 is 24.2 Å². The summed E-state index contributed by atoms with van der Waals surface area (Å²) in [7, 11) is 5.68. The Morgan fingerprint density at radius 3 is 2.12 bits per heavy atom. The van der Waals surface area contributed by atoms with E-state index >= 15 is 0 Å². The molecule has 0 spiro atoms. The van der Waals surface area contributed by atoms with Gasteiger partial charge in [-0.2, -0.15) is 0 Å². The predicted molar refractivity (Wildman–Crippen MR) is 95.7 cm³/mol. The Bertz CT molecular complexity index is 794. The first-order valence-corrected chi connectivity index (χ1v) is 7.61. The molecule has 0 saturated heterocycles. The molecule has 6 heteroatoms. The number of carboxylic acid groups (broad SMARTS) is 1. The van der Waals surface area contributed by atoms with Crippen LogP contribution in [0.15, 0.2) is 42.5 Å². The molecule has 24 heavy (non-hydrogen) atoms. The summed E-state index contributed by atoms with van der Waals surface area (Å²) >= 11 is 0. The minimum atomic E-state index is -1.03. The second-order valence-electron chi connectivity index (χ2n) is 4.92. The number of carbonyl (C=O) groups is 2. The molecule has 2 aromatic rings. The number of hydrogen-bond donors (Lipinski definition) is 1. The molecule has 2 aromatic carbocycles. The van der Waals surface area contributed by atoms with Gasteiger partial charge in [0.1, 0.15) is 11.5 Å². The summed E-state index contributed by atoms with van der Waals surface area (Å²) in [6, 6.07) is 9.36. The molecule has 0 amide bonds. The second kappa shape index (κ2) is 7.75. The van der Waals surface area contributed by atoms with Gasteiger partial charge in [-0.15, -0.1) is 9.24 Å². The average molecular weight is 344 g/mol. The van der Waals surface area contributed by atoms with E-state index in [0.29, 0.717) is 17.1 Å². The number of aromatic carboxylic acids is 1. The molecule has 0 aliphatic carbocycles. The highest BCUT2D eigenvalue weighted by atomic mass is 31.0. The lowest BCUT2D eigenvalue weighted by molar-refractivity contribution is 0.0696. The van der Waals surface area contributed by atoms with Gasteiger partial charge in [-0.3, -0.25) is 4.79 Å². The van der Waals surface area contributed by atoms with Crippen LogP contribution >= 0.6 is 9.24 Å². The van der Waals surface area contributed by atoms with Crippen molar-refractivity contribution in [2.24, 2.45) is 0 Å². The Kier molecular flexibility index (Phi) is 5.72. The molecule has 0 saturated carbocycles. The highest BCUT2D eigenvalue weighted by Crippen LogP contribution is 2.25. The molecular formula is C18H17O5P. The van der Waals surface area contributed by atoms with Gasteiger partial charge in [-0.25, -0.2) is 4.79 Å². The third kappa shape index (κ3) is 4.00. The quantitative estimate of drug-likeness (QED) is 0.496. The zero-order chi connectivity index (χ0) is 17.7. The average Bonchev–Trinajstić information content (AvgIpc) is 2.59. The summed E-state index contributed by atoms with van der Waals surface area (Å²) in [4.78, 5) is 23.0. The number of carboxylic acids is 1. The van der Waals surface area contributed by atoms with Crippen LogP contribution in [-0.2, 0) is 0 Å². The molecule has 0 radical (unpaired) electrons. The van der Waals surface area contributed by atoms with E-state index in [-0.39, 0.29) is 11.3 Å². The van der Waals surface area contributed by atoms with E-state index in [9.17, 15) is 9.59 Å². The van der Waals surface area contributed by atoms with Gasteiger partial charge in [0, 0.05) is 22.5 Å². The molecule has 2 rings (SSSR count). The van der Waals surface area contributed by atoms with E-state index in [2.05, 4.69) is 9.24 Å². The zero-order valence-electron chi connectivity index (χ0n) is 13.3. The van der Waals surface area contributed by atoms with E-state index in [4.69, 9.17) is 14.6 Å². The Hall–Kier alpha value is -2.65. The monoisotopic (exact) mass is 344 g/mol. The van der Waals surface area contributed by atoms with Gasteiger partial charge < -0.3 is 14.6 Å². The van der Waals surface area contributed by atoms with Crippen LogP contribution in [0.4, 0.5) is 0 Å². The lowest BCUT2D eigenvalue weighted by atomic mass is 10.1. The predicted octanol–water partition coefficient (Wildman–Crippen LogP) is 2.80. The molecule has 1 unspecified atom stereocenters. The molecule has 1 N–H and O–H groups in total. The standard InChI is InChI=1S/C18H17O5P/c1-22-15-10-16(23-2)17(24)9-13(15)7-8-14(19)11-3-5-12(6-4-11)18(20)21/h3-10H,24H2,1-2H3,(H,20,21)/b8-7+.